The van der Waals surface area contributed by atoms with Crippen LogP contribution in [0.5, 0.6) is 11.5 Å². The number of pyridine rings is 2. The van der Waals surface area contributed by atoms with E-state index in [0.717, 1.165) is 28.1 Å². The van der Waals surface area contributed by atoms with Crippen molar-refractivity contribution in [2.24, 2.45) is 0 Å². The van der Waals surface area contributed by atoms with Crippen molar-refractivity contribution < 1.29 is 9.47 Å². The average Bonchev–Trinajstić information content (AvgIpc) is 3.13. The fourth-order valence-corrected chi connectivity index (χ4v) is 3.27. The first-order valence-corrected chi connectivity index (χ1v) is 9.45. The third-order valence-electron chi connectivity index (χ3n) is 4.51. The summed E-state index contributed by atoms with van der Waals surface area (Å²) in [4.78, 5) is 4.50. The number of hydrogen-bond donors (Lipinski definition) is 1. The maximum Gasteiger partial charge on any atom is 0.163 e. The van der Waals surface area contributed by atoms with Gasteiger partial charge in [-0.05, 0) is 45.0 Å². The molecule has 0 radical (unpaired) electrons. The van der Waals surface area contributed by atoms with E-state index in [1.165, 1.54) is 0 Å². The summed E-state index contributed by atoms with van der Waals surface area (Å²) >= 11 is 0. The molecule has 0 aliphatic heterocycles. The first-order chi connectivity index (χ1) is 13.7. The number of fused-ring (bicyclic) bond motifs is 2. The third kappa shape index (κ3) is 3.31. The van der Waals surface area contributed by atoms with Gasteiger partial charge in [-0.3, -0.25) is 9.38 Å². The van der Waals surface area contributed by atoms with E-state index in [4.69, 9.17) is 9.47 Å². The van der Waals surface area contributed by atoms with Crippen LogP contribution in [0.1, 0.15) is 32.6 Å². The zero-order chi connectivity index (χ0) is 19.5. The van der Waals surface area contributed by atoms with Crippen molar-refractivity contribution in [3.8, 4) is 11.5 Å². The monoisotopic (exact) mass is 377 g/mol. The Kier molecular flexibility index (Phi) is 4.97. The number of aromatic nitrogens is 4. The van der Waals surface area contributed by atoms with Crippen LogP contribution in [0.25, 0.3) is 16.6 Å². The molecule has 0 aliphatic rings. The van der Waals surface area contributed by atoms with Gasteiger partial charge in [0.2, 0.25) is 0 Å². The zero-order valence-electron chi connectivity index (χ0n) is 16.2. The summed E-state index contributed by atoms with van der Waals surface area (Å²) in [7, 11) is 0. The SMILES string of the molecule is CCOc1cc2nccc(NC(C)c3nnc4ccccn34)c2cc1OCC. The Morgan fingerprint density at radius 1 is 1.04 bits per heavy atom. The second-order valence-corrected chi connectivity index (χ2v) is 6.39. The number of ether oxygens (including phenoxy) is 2. The fourth-order valence-electron chi connectivity index (χ4n) is 3.27. The molecule has 144 valence electrons. The summed E-state index contributed by atoms with van der Waals surface area (Å²) in [5.74, 6) is 2.27. The molecule has 0 saturated heterocycles. The maximum atomic E-state index is 5.78. The van der Waals surface area contributed by atoms with Crippen LogP contribution in [0.15, 0.2) is 48.8 Å². The predicted molar refractivity (Wildman–Crippen MR) is 109 cm³/mol. The fraction of sp³-hybridized carbons (Fsp3) is 0.286. The molecule has 7 heteroatoms. The Balaban J connectivity index is 1.72. The summed E-state index contributed by atoms with van der Waals surface area (Å²) in [6, 6.07) is 11.7. The van der Waals surface area contributed by atoms with Gasteiger partial charge < -0.3 is 14.8 Å². The molecule has 0 aliphatic carbocycles. The van der Waals surface area contributed by atoms with Crippen molar-refractivity contribution in [1.82, 2.24) is 19.6 Å². The second-order valence-electron chi connectivity index (χ2n) is 6.39. The van der Waals surface area contributed by atoms with E-state index in [0.29, 0.717) is 24.7 Å². The van der Waals surface area contributed by atoms with E-state index in [-0.39, 0.29) is 6.04 Å². The molecule has 3 aromatic heterocycles. The van der Waals surface area contributed by atoms with Gasteiger partial charge in [0.1, 0.15) is 0 Å². The van der Waals surface area contributed by atoms with Crippen LogP contribution in [0.2, 0.25) is 0 Å². The van der Waals surface area contributed by atoms with Gasteiger partial charge in [0.05, 0.1) is 24.8 Å². The van der Waals surface area contributed by atoms with Crippen molar-refractivity contribution in [1.29, 1.82) is 0 Å². The van der Waals surface area contributed by atoms with Gasteiger partial charge in [0.25, 0.3) is 0 Å². The van der Waals surface area contributed by atoms with Gasteiger partial charge in [0.15, 0.2) is 23.0 Å². The molecule has 0 bridgehead atoms. The Hall–Kier alpha value is -3.35. The average molecular weight is 377 g/mol. The van der Waals surface area contributed by atoms with Crippen LogP contribution in [0.3, 0.4) is 0 Å². The van der Waals surface area contributed by atoms with Gasteiger partial charge in [-0.2, -0.15) is 0 Å². The van der Waals surface area contributed by atoms with Crippen molar-refractivity contribution in [2.45, 2.75) is 26.8 Å². The lowest BCUT2D eigenvalue weighted by Gasteiger charge is -2.17. The van der Waals surface area contributed by atoms with E-state index in [1.54, 1.807) is 6.20 Å². The maximum absolute atomic E-state index is 5.78. The van der Waals surface area contributed by atoms with Gasteiger partial charge in [0, 0.05) is 29.5 Å². The van der Waals surface area contributed by atoms with E-state index >= 15 is 0 Å². The van der Waals surface area contributed by atoms with Crippen LogP contribution < -0.4 is 14.8 Å². The minimum atomic E-state index is -0.0508. The summed E-state index contributed by atoms with van der Waals surface area (Å²) in [6.45, 7) is 7.11. The zero-order valence-corrected chi connectivity index (χ0v) is 16.2. The number of rotatable bonds is 7. The Bertz CT molecular complexity index is 1110. The van der Waals surface area contributed by atoms with Crippen molar-refractivity contribution in [3.05, 3.63) is 54.6 Å². The molecule has 1 atom stereocenters. The molecule has 0 spiro atoms. The summed E-state index contributed by atoms with van der Waals surface area (Å²) in [5.41, 5.74) is 2.62. The molecule has 1 N–H and O–H groups in total. The van der Waals surface area contributed by atoms with Crippen LogP contribution in [-0.2, 0) is 0 Å². The highest BCUT2D eigenvalue weighted by Gasteiger charge is 2.16. The highest BCUT2D eigenvalue weighted by molar-refractivity contribution is 5.93. The smallest absolute Gasteiger partial charge is 0.163 e. The largest absolute Gasteiger partial charge is 0.490 e. The molecule has 7 nitrogen and oxygen atoms in total. The molecule has 1 unspecified atom stereocenters. The Morgan fingerprint density at radius 2 is 1.82 bits per heavy atom. The minimum Gasteiger partial charge on any atom is -0.490 e. The standard InChI is InChI=1S/C21H23N5O2/c1-4-27-18-12-15-16(9-10-22-17(15)13-19(18)28-5-2)23-14(3)21-25-24-20-8-6-7-11-26(20)21/h6-14H,4-5H2,1-3H3,(H,22,23). The van der Waals surface area contributed by atoms with E-state index in [1.807, 2.05) is 60.8 Å². The van der Waals surface area contributed by atoms with E-state index in [9.17, 15) is 0 Å². The molecule has 28 heavy (non-hydrogen) atoms. The van der Waals surface area contributed by atoms with Crippen LogP contribution in [0, 0.1) is 0 Å². The molecule has 4 rings (SSSR count). The summed E-state index contributed by atoms with van der Waals surface area (Å²) in [5, 5.41) is 13.1. The van der Waals surface area contributed by atoms with Crippen molar-refractivity contribution in [2.75, 3.05) is 18.5 Å². The van der Waals surface area contributed by atoms with Gasteiger partial charge in [-0.15, -0.1) is 10.2 Å². The quantitative estimate of drug-likeness (QED) is 0.519. The lowest BCUT2D eigenvalue weighted by Crippen LogP contribution is -2.11. The van der Waals surface area contributed by atoms with Crippen molar-refractivity contribution >= 4 is 22.2 Å². The number of hydrogen-bond acceptors (Lipinski definition) is 6. The van der Waals surface area contributed by atoms with Gasteiger partial charge >= 0.3 is 0 Å². The van der Waals surface area contributed by atoms with E-state index < -0.39 is 0 Å². The highest BCUT2D eigenvalue weighted by Crippen LogP contribution is 2.35. The predicted octanol–water partition coefficient (Wildman–Crippen LogP) is 4.25. The van der Waals surface area contributed by atoms with E-state index in [2.05, 4.69) is 27.4 Å². The van der Waals surface area contributed by atoms with Crippen LogP contribution >= 0.6 is 0 Å². The number of nitrogens with zero attached hydrogens (tertiary/aromatic N) is 4. The molecular weight excluding hydrogens is 354 g/mol. The molecule has 0 amide bonds. The van der Waals surface area contributed by atoms with Crippen LogP contribution in [0.4, 0.5) is 5.69 Å². The molecule has 0 saturated carbocycles. The lowest BCUT2D eigenvalue weighted by atomic mass is 10.1. The lowest BCUT2D eigenvalue weighted by molar-refractivity contribution is 0.288. The Labute approximate surface area is 163 Å². The van der Waals surface area contributed by atoms with Crippen molar-refractivity contribution in [3.63, 3.8) is 0 Å². The van der Waals surface area contributed by atoms with Crippen LogP contribution in [-0.4, -0.2) is 32.8 Å². The minimum absolute atomic E-state index is 0.0508. The second kappa shape index (κ2) is 7.72. The van der Waals surface area contributed by atoms with Gasteiger partial charge in [-0.25, -0.2) is 0 Å². The summed E-state index contributed by atoms with van der Waals surface area (Å²) < 4.78 is 13.5. The number of anilines is 1. The Morgan fingerprint density at radius 3 is 2.61 bits per heavy atom. The molecule has 0 fully saturated rings. The molecule has 1 aromatic carbocycles. The molecular formula is C21H23N5O2. The highest BCUT2D eigenvalue weighted by atomic mass is 16.5. The third-order valence-corrected chi connectivity index (χ3v) is 4.51. The molecule has 4 aromatic rings. The number of nitrogens with one attached hydrogen (secondary N) is 1. The van der Waals surface area contributed by atoms with Gasteiger partial charge in [-0.1, -0.05) is 6.07 Å². The topological polar surface area (TPSA) is 73.6 Å². The summed E-state index contributed by atoms with van der Waals surface area (Å²) in [6.07, 6.45) is 3.75. The normalized spacial score (nSPS) is 12.2. The number of benzene rings is 1. The first-order valence-electron chi connectivity index (χ1n) is 9.45. The first kappa shape index (κ1) is 18.0. The molecule has 3 heterocycles.